The van der Waals surface area contributed by atoms with Crippen molar-refractivity contribution in [3.05, 3.63) is 29.8 Å². The molecule has 1 saturated heterocycles. The van der Waals surface area contributed by atoms with E-state index in [1.807, 2.05) is 0 Å². The molecule has 1 amide bonds. The number of rotatable bonds is 4. The zero-order chi connectivity index (χ0) is 15.5. The molecule has 1 aliphatic rings. The summed E-state index contributed by atoms with van der Waals surface area (Å²) >= 11 is 5.71. The smallest absolute Gasteiger partial charge is 0.253 e. The average Bonchev–Trinajstić information content (AvgIpc) is 2.47. The molecular formula is C14H19ClN2O3S. The Morgan fingerprint density at radius 1 is 1.14 bits per heavy atom. The number of piperazine rings is 1. The van der Waals surface area contributed by atoms with Crippen molar-refractivity contribution in [2.45, 2.75) is 4.90 Å². The van der Waals surface area contributed by atoms with Crippen molar-refractivity contribution < 1.29 is 13.2 Å². The summed E-state index contributed by atoms with van der Waals surface area (Å²) in [5, 5.41) is 0. The molecule has 0 aliphatic carbocycles. The molecule has 0 spiro atoms. The average molecular weight is 331 g/mol. The Labute approximate surface area is 130 Å². The normalized spacial score (nSPS) is 17.0. The highest BCUT2D eigenvalue weighted by Gasteiger charge is 2.22. The minimum Gasteiger partial charge on any atom is -0.336 e. The lowest BCUT2D eigenvalue weighted by atomic mass is 10.2. The Bertz CT molecular complexity index is 593. The summed E-state index contributed by atoms with van der Waals surface area (Å²) in [5.74, 6) is 0.543. The molecule has 116 valence electrons. The SMILES string of the molecule is CS(=O)(=O)c1ccc(C(=O)N2CCN(CCCl)CC2)cc1. The molecule has 0 radical (unpaired) electrons. The summed E-state index contributed by atoms with van der Waals surface area (Å²) in [7, 11) is -3.23. The summed E-state index contributed by atoms with van der Waals surface area (Å²) in [6, 6.07) is 6.10. The van der Waals surface area contributed by atoms with E-state index in [4.69, 9.17) is 11.6 Å². The van der Waals surface area contributed by atoms with Gasteiger partial charge >= 0.3 is 0 Å². The Kier molecular flexibility index (Phi) is 5.24. The Balaban J connectivity index is 2.01. The molecule has 1 aromatic rings. The van der Waals surface area contributed by atoms with Gasteiger partial charge < -0.3 is 4.90 Å². The summed E-state index contributed by atoms with van der Waals surface area (Å²) in [5.41, 5.74) is 0.521. The molecule has 1 fully saturated rings. The summed E-state index contributed by atoms with van der Waals surface area (Å²) in [6.07, 6.45) is 1.15. The molecule has 0 unspecified atom stereocenters. The third-order valence-electron chi connectivity index (χ3n) is 3.59. The van der Waals surface area contributed by atoms with Gasteiger partial charge in [0.25, 0.3) is 5.91 Å². The second kappa shape index (κ2) is 6.77. The molecule has 21 heavy (non-hydrogen) atoms. The molecule has 0 saturated carbocycles. The van der Waals surface area contributed by atoms with E-state index in [0.717, 1.165) is 25.9 Å². The van der Waals surface area contributed by atoms with Crippen molar-refractivity contribution in [2.75, 3.05) is 44.9 Å². The van der Waals surface area contributed by atoms with E-state index in [-0.39, 0.29) is 10.8 Å². The highest BCUT2D eigenvalue weighted by atomic mass is 35.5. The van der Waals surface area contributed by atoms with E-state index in [9.17, 15) is 13.2 Å². The van der Waals surface area contributed by atoms with E-state index in [0.29, 0.717) is 24.5 Å². The van der Waals surface area contributed by atoms with Crippen LogP contribution < -0.4 is 0 Å². The van der Waals surface area contributed by atoms with Crippen molar-refractivity contribution in [1.29, 1.82) is 0 Å². The molecule has 0 aromatic heterocycles. The van der Waals surface area contributed by atoms with Crippen LogP contribution in [0.2, 0.25) is 0 Å². The number of amides is 1. The fourth-order valence-corrected chi connectivity index (χ4v) is 3.19. The highest BCUT2D eigenvalue weighted by molar-refractivity contribution is 7.90. The maximum atomic E-state index is 12.4. The molecule has 1 aromatic carbocycles. The predicted octanol–water partition coefficient (Wildman–Crippen LogP) is 1.09. The van der Waals surface area contributed by atoms with E-state index < -0.39 is 9.84 Å². The summed E-state index contributed by atoms with van der Waals surface area (Å²) in [6.45, 7) is 3.82. The van der Waals surface area contributed by atoms with E-state index in [2.05, 4.69) is 4.90 Å². The number of nitrogens with zero attached hydrogens (tertiary/aromatic N) is 2. The fourth-order valence-electron chi connectivity index (χ4n) is 2.32. The first-order valence-corrected chi connectivity index (χ1v) is 9.22. The van der Waals surface area contributed by atoms with E-state index >= 15 is 0 Å². The van der Waals surface area contributed by atoms with Gasteiger partial charge in [-0.25, -0.2) is 8.42 Å². The number of carbonyl (C=O) groups excluding carboxylic acids is 1. The van der Waals surface area contributed by atoms with Crippen molar-refractivity contribution in [3.8, 4) is 0 Å². The highest BCUT2D eigenvalue weighted by Crippen LogP contribution is 2.13. The van der Waals surface area contributed by atoms with Gasteiger partial charge in [-0.05, 0) is 24.3 Å². The minimum absolute atomic E-state index is 0.0550. The largest absolute Gasteiger partial charge is 0.336 e. The van der Waals surface area contributed by atoms with Gasteiger partial charge in [0, 0.05) is 50.4 Å². The maximum Gasteiger partial charge on any atom is 0.253 e. The van der Waals surface area contributed by atoms with Crippen LogP contribution in [0.25, 0.3) is 0 Å². The summed E-state index contributed by atoms with van der Waals surface area (Å²) < 4.78 is 22.8. The van der Waals surface area contributed by atoms with E-state index in [1.54, 1.807) is 17.0 Å². The molecule has 0 N–H and O–H groups in total. The summed E-state index contributed by atoms with van der Waals surface area (Å²) in [4.78, 5) is 16.6. The van der Waals surface area contributed by atoms with Crippen LogP contribution in [0, 0.1) is 0 Å². The van der Waals surface area contributed by atoms with Crippen molar-refractivity contribution in [3.63, 3.8) is 0 Å². The van der Waals surface area contributed by atoms with E-state index in [1.165, 1.54) is 12.1 Å². The van der Waals surface area contributed by atoms with Crippen LogP contribution in [-0.4, -0.2) is 69.0 Å². The standard InChI is InChI=1S/C14H19ClN2O3S/c1-21(19,20)13-4-2-12(3-5-13)14(18)17-10-8-16(7-6-15)9-11-17/h2-5H,6-11H2,1H3. The van der Waals surface area contributed by atoms with Gasteiger partial charge in [0.1, 0.15) is 0 Å². The number of carbonyl (C=O) groups is 1. The molecule has 5 nitrogen and oxygen atoms in total. The minimum atomic E-state index is -3.23. The van der Waals surface area contributed by atoms with Crippen LogP contribution in [0.15, 0.2) is 29.2 Å². The third-order valence-corrected chi connectivity index (χ3v) is 4.89. The number of hydrogen-bond donors (Lipinski definition) is 0. The van der Waals surface area contributed by atoms with Gasteiger partial charge in [-0.3, -0.25) is 9.69 Å². The first-order chi connectivity index (χ1) is 9.91. The molecule has 7 heteroatoms. The molecule has 1 heterocycles. The number of halogens is 1. The molecular weight excluding hydrogens is 312 g/mol. The van der Waals surface area contributed by atoms with Crippen LogP contribution in [0.5, 0.6) is 0 Å². The Morgan fingerprint density at radius 3 is 2.19 bits per heavy atom. The van der Waals surface area contributed by atoms with Gasteiger partial charge in [-0.1, -0.05) is 0 Å². The van der Waals surface area contributed by atoms with Crippen LogP contribution in [0.1, 0.15) is 10.4 Å². The topological polar surface area (TPSA) is 57.7 Å². The van der Waals surface area contributed by atoms with Crippen molar-refractivity contribution in [2.24, 2.45) is 0 Å². The van der Waals surface area contributed by atoms with Gasteiger partial charge in [-0.15, -0.1) is 11.6 Å². The lowest BCUT2D eigenvalue weighted by Gasteiger charge is -2.34. The second-order valence-corrected chi connectivity index (χ2v) is 7.51. The first-order valence-electron chi connectivity index (χ1n) is 6.79. The van der Waals surface area contributed by atoms with Gasteiger partial charge in [0.15, 0.2) is 9.84 Å². The van der Waals surface area contributed by atoms with Crippen molar-refractivity contribution in [1.82, 2.24) is 9.80 Å². The quantitative estimate of drug-likeness (QED) is 0.775. The number of alkyl halides is 1. The van der Waals surface area contributed by atoms with Crippen LogP contribution in [-0.2, 0) is 9.84 Å². The molecule has 0 bridgehead atoms. The zero-order valence-corrected chi connectivity index (χ0v) is 13.5. The predicted molar refractivity (Wildman–Crippen MR) is 82.6 cm³/mol. The lowest BCUT2D eigenvalue weighted by molar-refractivity contribution is 0.0644. The monoisotopic (exact) mass is 330 g/mol. The zero-order valence-electron chi connectivity index (χ0n) is 12.0. The maximum absolute atomic E-state index is 12.4. The van der Waals surface area contributed by atoms with Crippen LogP contribution >= 0.6 is 11.6 Å². The van der Waals surface area contributed by atoms with Crippen LogP contribution in [0.4, 0.5) is 0 Å². The number of hydrogen-bond acceptors (Lipinski definition) is 4. The van der Waals surface area contributed by atoms with Gasteiger partial charge in [0.05, 0.1) is 4.90 Å². The molecule has 1 aliphatic heterocycles. The third kappa shape index (κ3) is 4.18. The van der Waals surface area contributed by atoms with Gasteiger partial charge in [0.2, 0.25) is 0 Å². The van der Waals surface area contributed by atoms with Crippen LogP contribution in [0.3, 0.4) is 0 Å². The molecule has 0 atom stereocenters. The number of benzene rings is 1. The van der Waals surface area contributed by atoms with Gasteiger partial charge in [-0.2, -0.15) is 0 Å². The lowest BCUT2D eigenvalue weighted by Crippen LogP contribution is -2.49. The second-order valence-electron chi connectivity index (χ2n) is 5.12. The first kappa shape index (κ1) is 16.3. The Hall–Kier alpha value is -1.11. The number of sulfone groups is 1. The molecule has 2 rings (SSSR count). The van der Waals surface area contributed by atoms with Crippen molar-refractivity contribution >= 4 is 27.3 Å². The fraction of sp³-hybridized carbons (Fsp3) is 0.500. The Morgan fingerprint density at radius 2 is 1.71 bits per heavy atom.